The second kappa shape index (κ2) is 15.8. The van der Waals surface area contributed by atoms with Crippen molar-refractivity contribution in [1.82, 2.24) is 4.90 Å². The molecule has 3 atom stereocenters. The number of allylic oxidation sites excluding steroid dienone is 4. The van der Waals surface area contributed by atoms with Crippen LogP contribution in [-0.2, 0) is 11.2 Å². The Kier molecular flexibility index (Phi) is 12.5. The van der Waals surface area contributed by atoms with Gasteiger partial charge in [0.1, 0.15) is 6.23 Å². The maximum absolute atomic E-state index is 11.1. The average molecular weight is 545 g/mol. The maximum Gasteiger partial charge on any atom is 0.157 e. The topological polar surface area (TPSA) is 65.3 Å². The lowest BCUT2D eigenvalue weighted by Crippen LogP contribution is -2.36. The number of nitrogens with zero attached hydrogens (tertiary/aromatic N) is 2. The molecule has 0 fully saturated rings. The Labute approximate surface area is 241 Å². The quantitative estimate of drug-likeness (QED) is 0.190. The summed E-state index contributed by atoms with van der Waals surface area (Å²) in [6, 6.07) is 14.7. The van der Waals surface area contributed by atoms with E-state index in [0.717, 1.165) is 60.1 Å². The van der Waals surface area contributed by atoms with Gasteiger partial charge in [-0.05, 0) is 99.9 Å². The van der Waals surface area contributed by atoms with Crippen LogP contribution in [0.1, 0.15) is 82.1 Å². The third-order valence-corrected chi connectivity index (χ3v) is 7.62. The van der Waals surface area contributed by atoms with Gasteiger partial charge >= 0.3 is 0 Å². The van der Waals surface area contributed by atoms with Crippen LogP contribution in [-0.4, -0.2) is 53.5 Å². The van der Waals surface area contributed by atoms with Crippen molar-refractivity contribution in [2.45, 2.75) is 84.8 Å². The monoisotopic (exact) mass is 544 g/mol. The van der Waals surface area contributed by atoms with E-state index in [1.165, 1.54) is 11.1 Å². The van der Waals surface area contributed by atoms with Crippen LogP contribution in [0.5, 0.6) is 0 Å². The molecule has 0 bridgehead atoms. The van der Waals surface area contributed by atoms with Gasteiger partial charge in [-0.1, -0.05) is 62.1 Å². The second-order valence-electron chi connectivity index (χ2n) is 11.0. The van der Waals surface area contributed by atoms with Crippen molar-refractivity contribution in [2.24, 2.45) is 10.9 Å². The van der Waals surface area contributed by atoms with Crippen LogP contribution in [0.3, 0.4) is 0 Å². The molecule has 0 saturated carbocycles. The molecule has 0 radical (unpaired) electrons. The lowest BCUT2D eigenvalue weighted by atomic mass is 9.88. The van der Waals surface area contributed by atoms with Crippen LogP contribution in [0.15, 0.2) is 72.3 Å². The highest BCUT2D eigenvalue weighted by molar-refractivity contribution is 5.90. The van der Waals surface area contributed by atoms with Gasteiger partial charge in [0.05, 0.1) is 11.8 Å². The second-order valence-corrected chi connectivity index (χ2v) is 11.0. The minimum atomic E-state index is -0.788. The fourth-order valence-electron chi connectivity index (χ4n) is 5.20. The molecule has 5 nitrogen and oxygen atoms in total. The molecule has 0 heterocycles. The van der Waals surface area contributed by atoms with E-state index < -0.39 is 12.5 Å². The normalized spacial score (nSPS) is 16.3. The zero-order valence-corrected chi connectivity index (χ0v) is 25.0. The van der Waals surface area contributed by atoms with E-state index in [-0.39, 0.29) is 12.0 Å². The summed E-state index contributed by atoms with van der Waals surface area (Å²) in [5.41, 5.74) is 7.45. The molecule has 2 unspecified atom stereocenters. The van der Waals surface area contributed by atoms with E-state index in [2.05, 4.69) is 67.1 Å². The molecule has 5 heteroatoms. The van der Waals surface area contributed by atoms with Crippen molar-refractivity contribution in [1.29, 1.82) is 0 Å². The Hall–Kier alpha value is -2.83. The third kappa shape index (κ3) is 8.84. The van der Waals surface area contributed by atoms with Crippen molar-refractivity contribution in [3.05, 3.63) is 89.5 Å². The molecular weight excluding hydrogens is 496 g/mol. The number of hydrogen-bond acceptors (Lipinski definition) is 5. The summed E-state index contributed by atoms with van der Waals surface area (Å²) < 4.78 is 5.60. The lowest BCUT2D eigenvalue weighted by molar-refractivity contribution is -0.160. The first-order chi connectivity index (χ1) is 19.2. The first-order valence-corrected chi connectivity index (χ1v) is 14.7. The molecule has 0 aromatic heterocycles. The molecule has 2 aromatic rings. The summed E-state index contributed by atoms with van der Waals surface area (Å²) in [7, 11) is 1.92. The van der Waals surface area contributed by atoms with Crippen molar-refractivity contribution in [3.8, 4) is 0 Å². The third-order valence-electron chi connectivity index (χ3n) is 7.62. The highest BCUT2D eigenvalue weighted by atomic mass is 16.6. The number of hydrogen-bond donors (Lipinski definition) is 2. The van der Waals surface area contributed by atoms with Gasteiger partial charge in [0.25, 0.3) is 0 Å². The maximum atomic E-state index is 11.1. The first kappa shape index (κ1) is 31.7. The Morgan fingerprint density at radius 3 is 2.65 bits per heavy atom. The molecule has 1 aliphatic carbocycles. The van der Waals surface area contributed by atoms with Gasteiger partial charge in [0, 0.05) is 30.7 Å². The van der Waals surface area contributed by atoms with E-state index in [1.807, 2.05) is 44.9 Å². The van der Waals surface area contributed by atoms with Gasteiger partial charge < -0.3 is 14.9 Å². The van der Waals surface area contributed by atoms with Crippen molar-refractivity contribution < 1.29 is 14.9 Å². The highest BCUT2D eigenvalue weighted by Gasteiger charge is 2.22. The van der Waals surface area contributed by atoms with Crippen LogP contribution in [0.4, 0.5) is 5.69 Å². The average Bonchev–Trinajstić information content (AvgIpc) is 3.23. The molecule has 1 aliphatic rings. The van der Waals surface area contributed by atoms with Gasteiger partial charge in [0.2, 0.25) is 0 Å². The molecular formula is C35H48N2O3. The molecule has 2 aromatic carbocycles. The summed E-state index contributed by atoms with van der Waals surface area (Å²) in [5.74, 6) is 0.0253. The van der Waals surface area contributed by atoms with Gasteiger partial charge in [-0.15, -0.1) is 0 Å². The number of ether oxygens (including phenoxy) is 1. The predicted molar refractivity (Wildman–Crippen MR) is 169 cm³/mol. The van der Waals surface area contributed by atoms with Gasteiger partial charge in [0.15, 0.2) is 6.29 Å². The largest absolute Gasteiger partial charge is 0.378 e. The standard InChI is InChI=1S/C35H48N2O3/c1-7-28(35(39)40-25(3)4)21-22-37(6)34(38)24-27-19-20-33(36-8-2)32(23-27)26(5)30-17-13-14-18-31(30)29-15-11-9-10-12-16-29/h8-9,11,13-15,17-20,23,25,28,34-35,38-39H,5,7,10,12,16,21-22,24H2,1-4,6H3/t28?,34?,35-/m1/s1. The lowest BCUT2D eigenvalue weighted by Gasteiger charge is -2.28. The van der Waals surface area contributed by atoms with Gasteiger partial charge in [-0.3, -0.25) is 9.89 Å². The minimum Gasteiger partial charge on any atom is -0.378 e. The van der Waals surface area contributed by atoms with E-state index in [4.69, 9.17) is 4.74 Å². The van der Waals surface area contributed by atoms with Crippen LogP contribution in [0.2, 0.25) is 0 Å². The summed E-state index contributed by atoms with van der Waals surface area (Å²) in [4.78, 5) is 6.58. The number of aliphatic hydroxyl groups excluding tert-OH is 2. The summed E-state index contributed by atoms with van der Waals surface area (Å²) in [6.07, 6.45) is 12.3. The van der Waals surface area contributed by atoms with E-state index in [1.54, 1.807) is 6.21 Å². The predicted octanol–water partition coefficient (Wildman–Crippen LogP) is 7.55. The zero-order chi connectivity index (χ0) is 29.1. The summed E-state index contributed by atoms with van der Waals surface area (Å²) >= 11 is 0. The fourth-order valence-corrected chi connectivity index (χ4v) is 5.20. The number of aliphatic hydroxyl groups is 2. The SMILES string of the molecule is C=C(c1cc(CC(O)N(C)CCC(CC)[C@H](O)OC(C)C)ccc1N=CC)c1ccccc1C1=CC=CCCC1. The Morgan fingerprint density at radius 2 is 1.93 bits per heavy atom. The Morgan fingerprint density at radius 1 is 1.15 bits per heavy atom. The number of likely N-dealkylation sites (N-methyl/N-ethyl adjacent to an activating group) is 1. The number of benzene rings is 2. The Bertz CT molecular complexity index is 1200. The molecule has 40 heavy (non-hydrogen) atoms. The van der Waals surface area contributed by atoms with Crippen LogP contribution >= 0.6 is 0 Å². The highest BCUT2D eigenvalue weighted by Crippen LogP contribution is 2.36. The number of rotatable bonds is 14. The van der Waals surface area contributed by atoms with Crippen LogP contribution in [0, 0.1) is 5.92 Å². The minimum absolute atomic E-state index is 0.0240. The molecule has 2 N–H and O–H groups in total. The van der Waals surface area contributed by atoms with E-state index >= 15 is 0 Å². The van der Waals surface area contributed by atoms with Crippen molar-refractivity contribution in [2.75, 3.05) is 13.6 Å². The fraction of sp³-hybridized carbons (Fsp3) is 0.457. The molecule has 0 aliphatic heterocycles. The molecule has 0 saturated heterocycles. The van der Waals surface area contributed by atoms with E-state index in [9.17, 15) is 10.2 Å². The van der Waals surface area contributed by atoms with E-state index in [0.29, 0.717) is 13.0 Å². The van der Waals surface area contributed by atoms with Crippen LogP contribution < -0.4 is 0 Å². The summed E-state index contributed by atoms with van der Waals surface area (Å²) in [6.45, 7) is 13.0. The van der Waals surface area contributed by atoms with Gasteiger partial charge in [-0.25, -0.2) is 0 Å². The first-order valence-electron chi connectivity index (χ1n) is 14.7. The smallest absolute Gasteiger partial charge is 0.157 e. The molecule has 0 spiro atoms. The molecule has 216 valence electrons. The van der Waals surface area contributed by atoms with Gasteiger partial charge in [-0.2, -0.15) is 0 Å². The summed E-state index contributed by atoms with van der Waals surface area (Å²) in [5, 5.41) is 21.5. The number of aliphatic imine (C=N–C) groups is 1. The zero-order valence-electron chi connectivity index (χ0n) is 25.0. The molecule has 3 rings (SSSR count). The van der Waals surface area contributed by atoms with Crippen LogP contribution in [0.25, 0.3) is 11.1 Å². The van der Waals surface area contributed by atoms with Crippen molar-refractivity contribution >= 4 is 23.0 Å². The Balaban J connectivity index is 1.79. The molecule has 0 amide bonds. The van der Waals surface area contributed by atoms with Crippen molar-refractivity contribution in [3.63, 3.8) is 0 Å².